The SMILES string of the molecule is CC(C)=C[SiH2]C=CO[PH](=O)O. The molecule has 0 aromatic rings. The van der Waals surface area contributed by atoms with Gasteiger partial charge in [0.25, 0.3) is 0 Å². The van der Waals surface area contributed by atoms with Gasteiger partial charge in [0.05, 0.1) is 15.8 Å². The molecule has 0 spiro atoms. The largest absolute Gasteiger partial charge is 0.435 e. The molecule has 1 unspecified atom stereocenters. The van der Waals surface area contributed by atoms with Crippen LogP contribution in [-0.4, -0.2) is 14.4 Å². The van der Waals surface area contributed by atoms with E-state index in [0.717, 1.165) is 0 Å². The molecule has 1 atom stereocenters. The summed E-state index contributed by atoms with van der Waals surface area (Å²) < 4.78 is 14.4. The second-order valence-electron chi connectivity index (χ2n) is 2.27. The molecule has 11 heavy (non-hydrogen) atoms. The topological polar surface area (TPSA) is 46.5 Å². The second kappa shape index (κ2) is 6.40. The van der Waals surface area contributed by atoms with Crippen LogP contribution in [0.2, 0.25) is 0 Å². The maximum Gasteiger partial charge on any atom is 0.364 e. The van der Waals surface area contributed by atoms with Crippen molar-refractivity contribution < 1.29 is 14.0 Å². The molecule has 0 amide bonds. The summed E-state index contributed by atoms with van der Waals surface area (Å²) in [6.07, 6.45) is 1.31. The Morgan fingerprint density at radius 1 is 1.64 bits per heavy atom. The summed E-state index contributed by atoms with van der Waals surface area (Å²) in [7, 11) is -3.15. The molecule has 5 heteroatoms. The molecular weight excluding hydrogens is 179 g/mol. The van der Waals surface area contributed by atoms with E-state index in [1.807, 2.05) is 19.5 Å². The number of allylic oxidation sites excluding steroid dienone is 1. The number of rotatable bonds is 4. The lowest BCUT2D eigenvalue weighted by Gasteiger charge is -1.89. The molecular formula is C6H13O3PSi. The fraction of sp³-hybridized carbons (Fsp3) is 0.333. The lowest BCUT2D eigenvalue weighted by atomic mass is 10.4. The first-order valence-electron chi connectivity index (χ1n) is 3.31. The van der Waals surface area contributed by atoms with Crippen LogP contribution >= 0.6 is 8.25 Å². The average molecular weight is 192 g/mol. The van der Waals surface area contributed by atoms with Gasteiger partial charge in [0.15, 0.2) is 0 Å². The highest BCUT2D eigenvalue weighted by molar-refractivity contribution is 7.32. The van der Waals surface area contributed by atoms with Crippen molar-refractivity contribution in [3.05, 3.63) is 23.2 Å². The van der Waals surface area contributed by atoms with E-state index >= 15 is 0 Å². The maximum absolute atomic E-state index is 10.0. The van der Waals surface area contributed by atoms with Crippen molar-refractivity contribution in [2.24, 2.45) is 0 Å². The minimum absolute atomic E-state index is 0.380. The fourth-order valence-electron chi connectivity index (χ4n) is 0.466. The average Bonchev–Trinajstić information content (AvgIpc) is 1.85. The predicted molar refractivity (Wildman–Crippen MR) is 49.4 cm³/mol. The molecule has 1 N–H and O–H groups in total. The predicted octanol–water partition coefficient (Wildman–Crippen LogP) is 0.949. The fourth-order valence-corrected chi connectivity index (χ4v) is 1.69. The number of hydrogen-bond donors (Lipinski definition) is 1. The normalized spacial score (nSPS) is 14.1. The standard InChI is InChI=1S/C6H13O3PSi/c1-6(2)5-11-4-3-9-10(7)8/h3-5,10H,11H2,1-2H3,(H,7,8). The van der Waals surface area contributed by atoms with Gasteiger partial charge >= 0.3 is 8.25 Å². The van der Waals surface area contributed by atoms with E-state index in [-0.39, 0.29) is 9.52 Å². The van der Waals surface area contributed by atoms with Crippen LogP contribution < -0.4 is 0 Å². The summed E-state index contributed by atoms with van der Waals surface area (Å²) >= 11 is 0. The molecule has 0 aliphatic carbocycles. The van der Waals surface area contributed by atoms with Crippen molar-refractivity contribution in [1.29, 1.82) is 0 Å². The van der Waals surface area contributed by atoms with E-state index in [1.54, 1.807) is 0 Å². The van der Waals surface area contributed by atoms with Crippen LogP contribution in [0.15, 0.2) is 23.2 Å². The third-order valence-corrected chi connectivity index (χ3v) is 2.78. The molecule has 0 aromatic carbocycles. The van der Waals surface area contributed by atoms with Gasteiger partial charge in [-0.25, -0.2) is 4.57 Å². The molecule has 0 bridgehead atoms. The Kier molecular flexibility index (Phi) is 6.22. The van der Waals surface area contributed by atoms with Crippen molar-refractivity contribution in [2.75, 3.05) is 0 Å². The van der Waals surface area contributed by atoms with Crippen molar-refractivity contribution in [3.63, 3.8) is 0 Å². The Bertz CT molecular complexity index is 184. The Balaban J connectivity index is 3.46. The summed E-state index contributed by atoms with van der Waals surface area (Å²) in [4.78, 5) is 8.23. The molecule has 0 aliphatic heterocycles. The van der Waals surface area contributed by atoms with Crippen LogP contribution in [0.25, 0.3) is 0 Å². The van der Waals surface area contributed by atoms with Gasteiger partial charge in [-0.2, -0.15) is 0 Å². The van der Waals surface area contributed by atoms with Crippen LogP contribution in [-0.2, 0) is 9.09 Å². The lowest BCUT2D eigenvalue weighted by Crippen LogP contribution is -1.78. The molecule has 0 saturated carbocycles. The van der Waals surface area contributed by atoms with Gasteiger partial charge in [-0.3, -0.25) is 0 Å². The van der Waals surface area contributed by atoms with E-state index in [4.69, 9.17) is 4.89 Å². The van der Waals surface area contributed by atoms with Crippen molar-refractivity contribution >= 4 is 17.8 Å². The summed E-state index contributed by atoms with van der Waals surface area (Å²) in [6.45, 7) is 4.05. The van der Waals surface area contributed by atoms with Gasteiger partial charge in [-0.15, -0.1) is 0 Å². The van der Waals surface area contributed by atoms with E-state index in [2.05, 4.69) is 10.2 Å². The van der Waals surface area contributed by atoms with E-state index in [1.165, 1.54) is 11.8 Å². The Labute approximate surface area is 69.5 Å². The summed E-state index contributed by atoms with van der Waals surface area (Å²) in [5.74, 6) is 0. The Morgan fingerprint density at radius 3 is 2.73 bits per heavy atom. The smallest absolute Gasteiger partial charge is 0.364 e. The second-order valence-corrected chi connectivity index (χ2v) is 4.39. The maximum atomic E-state index is 10.0. The van der Waals surface area contributed by atoms with Gasteiger partial charge < -0.3 is 9.42 Å². The highest BCUT2D eigenvalue weighted by atomic mass is 31.1. The molecule has 64 valence electrons. The van der Waals surface area contributed by atoms with Crippen LogP contribution in [0.5, 0.6) is 0 Å². The monoisotopic (exact) mass is 192 g/mol. The summed E-state index contributed by atoms with van der Waals surface area (Å²) in [5, 5.41) is 0. The third-order valence-electron chi connectivity index (χ3n) is 0.927. The minimum atomic E-state index is -2.77. The first kappa shape index (κ1) is 10.7. The van der Waals surface area contributed by atoms with Crippen LogP contribution in [0, 0.1) is 0 Å². The van der Waals surface area contributed by atoms with E-state index in [0.29, 0.717) is 0 Å². The molecule has 3 nitrogen and oxygen atoms in total. The summed E-state index contributed by atoms with van der Waals surface area (Å²) in [5.41, 5.74) is 5.23. The lowest BCUT2D eigenvalue weighted by molar-refractivity contribution is 0.378. The van der Waals surface area contributed by atoms with Crippen LogP contribution in [0.4, 0.5) is 0 Å². The highest BCUT2D eigenvalue weighted by Gasteiger charge is 1.82. The van der Waals surface area contributed by atoms with Gasteiger partial charge in [-0.1, -0.05) is 17.0 Å². The molecule has 0 radical (unpaired) electrons. The van der Waals surface area contributed by atoms with Crippen molar-refractivity contribution in [1.82, 2.24) is 0 Å². The van der Waals surface area contributed by atoms with Gasteiger partial charge in [0.2, 0.25) is 0 Å². The molecule has 0 heterocycles. The zero-order chi connectivity index (χ0) is 8.69. The Hall–Kier alpha value is -0.313. The van der Waals surface area contributed by atoms with Crippen LogP contribution in [0.3, 0.4) is 0 Å². The molecule has 0 fully saturated rings. The van der Waals surface area contributed by atoms with Crippen molar-refractivity contribution in [3.8, 4) is 0 Å². The highest BCUT2D eigenvalue weighted by Crippen LogP contribution is 2.13. The van der Waals surface area contributed by atoms with E-state index in [9.17, 15) is 4.57 Å². The van der Waals surface area contributed by atoms with Crippen LogP contribution in [0.1, 0.15) is 13.8 Å². The van der Waals surface area contributed by atoms with Gasteiger partial charge in [0, 0.05) is 0 Å². The third kappa shape index (κ3) is 9.69. The van der Waals surface area contributed by atoms with E-state index < -0.39 is 8.25 Å². The first-order chi connectivity index (χ1) is 5.13. The van der Waals surface area contributed by atoms with Gasteiger partial charge in [-0.05, 0) is 13.8 Å². The number of hydrogen-bond acceptors (Lipinski definition) is 2. The quantitative estimate of drug-likeness (QED) is 0.410. The van der Waals surface area contributed by atoms with Gasteiger partial charge in [0.1, 0.15) is 0 Å². The molecule has 0 aromatic heterocycles. The zero-order valence-corrected chi connectivity index (χ0v) is 9.12. The zero-order valence-electron chi connectivity index (χ0n) is 6.70. The Morgan fingerprint density at radius 2 is 2.27 bits per heavy atom. The molecule has 0 saturated heterocycles. The molecule has 0 rings (SSSR count). The summed E-state index contributed by atoms with van der Waals surface area (Å²) in [6, 6.07) is 0. The minimum Gasteiger partial charge on any atom is -0.435 e. The first-order valence-corrected chi connectivity index (χ1v) is 6.20. The van der Waals surface area contributed by atoms with Crippen molar-refractivity contribution in [2.45, 2.75) is 13.8 Å². The molecule has 0 aliphatic rings.